The summed E-state index contributed by atoms with van der Waals surface area (Å²) in [6, 6.07) is 11.7. The van der Waals surface area contributed by atoms with E-state index in [1.165, 1.54) is 6.33 Å². The number of para-hydroxylation sites is 1. The van der Waals surface area contributed by atoms with Gasteiger partial charge in [0.2, 0.25) is 0 Å². The molecule has 3 heterocycles. The Hall–Kier alpha value is -2.82. The van der Waals surface area contributed by atoms with Crippen molar-refractivity contribution in [2.45, 2.75) is 18.9 Å². The number of benzene rings is 1. The van der Waals surface area contributed by atoms with Crippen molar-refractivity contribution in [3.63, 3.8) is 0 Å². The molecule has 1 saturated heterocycles. The van der Waals surface area contributed by atoms with E-state index in [1.54, 1.807) is 12.4 Å². The van der Waals surface area contributed by atoms with Gasteiger partial charge in [0.15, 0.2) is 0 Å². The van der Waals surface area contributed by atoms with Gasteiger partial charge in [-0.2, -0.15) is 0 Å². The number of likely N-dealkylation sites (tertiary alicyclic amines) is 1. The molecule has 0 spiro atoms. The number of fused-ring (bicyclic) bond motifs is 1. The third-order valence-corrected chi connectivity index (χ3v) is 4.30. The zero-order valence-electron chi connectivity index (χ0n) is 12.6. The molecule has 2 aromatic heterocycles. The lowest BCUT2D eigenvalue weighted by atomic mass is 10.1. The van der Waals surface area contributed by atoms with Crippen LogP contribution in [-0.4, -0.2) is 32.3 Å². The molecule has 3 aromatic rings. The molecule has 1 aliphatic heterocycles. The Morgan fingerprint density at radius 2 is 2.09 bits per heavy atom. The van der Waals surface area contributed by atoms with Gasteiger partial charge in [-0.3, -0.25) is 9.78 Å². The van der Waals surface area contributed by atoms with E-state index in [9.17, 15) is 4.79 Å². The van der Waals surface area contributed by atoms with Gasteiger partial charge in [0.05, 0.1) is 22.8 Å². The van der Waals surface area contributed by atoms with E-state index < -0.39 is 0 Å². The van der Waals surface area contributed by atoms with Crippen molar-refractivity contribution in [1.82, 2.24) is 19.9 Å². The van der Waals surface area contributed by atoms with Gasteiger partial charge in [0.1, 0.15) is 6.33 Å². The molecule has 114 valence electrons. The number of hydrogen-bond donors (Lipinski definition) is 0. The van der Waals surface area contributed by atoms with Crippen LogP contribution in [0.3, 0.4) is 0 Å². The fourth-order valence-corrected chi connectivity index (χ4v) is 3.17. The Morgan fingerprint density at radius 3 is 2.96 bits per heavy atom. The molecular weight excluding hydrogens is 288 g/mol. The lowest BCUT2D eigenvalue weighted by Gasteiger charge is -2.24. The van der Waals surface area contributed by atoms with Gasteiger partial charge in [-0.1, -0.05) is 18.2 Å². The summed E-state index contributed by atoms with van der Waals surface area (Å²) in [6.45, 7) is 0.750. The van der Waals surface area contributed by atoms with Crippen molar-refractivity contribution in [3.05, 3.63) is 66.4 Å². The highest BCUT2D eigenvalue weighted by molar-refractivity contribution is 5.97. The molecule has 5 nitrogen and oxygen atoms in total. The van der Waals surface area contributed by atoms with Gasteiger partial charge >= 0.3 is 0 Å². The SMILES string of the molecule is O=C(c1cnc2ccccc2c1)N1CCCC1c1ccncn1. The Labute approximate surface area is 134 Å². The zero-order valence-corrected chi connectivity index (χ0v) is 12.6. The first-order valence-electron chi connectivity index (χ1n) is 7.74. The highest BCUT2D eigenvalue weighted by atomic mass is 16.2. The van der Waals surface area contributed by atoms with Crippen LogP contribution >= 0.6 is 0 Å². The monoisotopic (exact) mass is 304 g/mol. The van der Waals surface area contributed by atoms with Gasteiger partial charge in [-0.05, 0) is 31.0 Å². The van der Waals surface area contributed by atoms with Gasteiger partial charge in [-0.25, -0.2) is 9.97 Å². The van der Waals surface area contributed by atoms with E-state index in [1.807, 2.05) is 41.3 Å². The van der Waals surface area contributed by atoms with E-state index in [0.29, 0.717) is 5.56 Å². The molecule has 1 aromatic carbocycles. The average Bonchev–Trinajstić information content (AvgIpc) is 3.11. The Bertz CT molecular complexity index is 850. The largest absolute Gasteiger partial charge is 0.330 e. The first-order chi connectivity index (χ1) is 11.3. The van der Waals surface area contributed by atoms with Gasteiger partial charge in [-0.15, -0.1) is 0 Å². The Kier molecular flexibility index (Phi) is 3.46. The maximum Gasteiger partial charge on any atom is 0.256 e. The van der Waals surface area contributed by atoms with Crippen molar-refractivity contribution < 1.29 is 4.79 Å². The topological polar surface area (TPSA) is 59.0 Å². The minimum Gasteiger partial charge on any atom is -0.330 e. The number of hydrogen-bond acceptors (Lipinski definition) is 4. The van der Waals surface area contributed by atoms with Crippen molar-refractivity contribution in [2.75, 3.05) is 6.54 Å². The highest BCUT2D eigenvalue weighted by Gasteiger charge is 2.31. The van der Waals surface area contributed by atoms with Crippen LogP contribution in [0.25, 0.3) is 10.9 Å². The quantitative estimate of drug-likeness (QED) is 0.730. The Balaban J connectivity index is 1.66. The molecule has 1 aliphatic rings. The van der Waals surface area contributed by atoms with Gasteiger partial charge < -0.3 is 4.90 Å². The number of nitrogens with zero attached hydrogens (tertiary/aromatic N) is 4. The van der Waals surface area contributed by atoms with Crippen LogP contribution in [-0.2, 0) is 0 Å². The fraction of sp³-hybridized carbons (Fsp3) is 0.222. The number of rotatable bonds is 2. The normalized spacial score (nSPS) is 17.6. The summed E-state index contributed by atoms with van der Waals surface area (Å²) < 4.78 is 0. The molecule has 1 atom stereocenters. The van der Waals surface area contributed by atoms with Crippen molar-refractivity contribution >= 4 is 16.8 Å². The van der Waals surface area contributed by atoms with E-state index in [0.717, 1.165) is 36.0 Å². The van der Waals surface area contributed by atoms with Crippen molar-refractivity contribution in [1.29, 1.82) is 0 Å². The smallest absolute Gasteiger partial charge is 0.256 e. The molecule has 0 bridgehead atoms. The summed E-state index contributed by atoms with van der Waals surface area (Å²) >= 11 is 0. The predicted molar refractivity (Wildman–Crippen MR) is 86.8 cm³/mol. The number of amides is 1. The molecule has 0 aliphatic carbocycles. The number of carbonyl (C=O) groups is 1. The second-order valence-corrected chi connectivity index (χ2v) is 5.71. The molecule has 1 fully saturated rings. The summed E-state index contributed by atoms with van der Waals surface area (Å²) in [7, 11) is 0. The van der Waals surface area contributed by atoms with E-state index >= 15 is 0 Å². The molecular formula is C18H16N4O. The molecule has 0 radical (unpaired) electrons. The molecule has 0 saturated carbocycles. The maximum atomic E-state index is 12.9. The summed E-state index contributed by atoms with van der Waals surface area (Å²) in [5.74, 6) is 0.0179. The predicted octanol–water partition coefficient (Wildman–Crippen LogP) is 3.00. The van der Waals surface area contributed by atoms with Crippen molar-refractivity contribution in [2.24, 2.45) is 0 Å². The standard InChI is InChI=1S/C18H16N4O/c23-18(14-10-13-4-1-2-5-15(13)20-11-14)22-9-3-6-17(22)16-7-8-19-12-21-16/h1-2,4-5,7-8,10-12,17H,3,6,9H2. The first-order valence-corrected chi connectivity index (χ1v) is 7.74. The van der Waals surface area contributed by atoms with Crippen molar-refractivity contribution in [3.8, 4) is 0 Å². The molecule has 1 unspecified atom stereocenters. The second kappa shape index (κ2) is 5.76. The highest BCUT2D eigenvalue weighted by Crippen LogP contribution is 2.31. The van der Waals surface area contributed by atoms with Crippen LogP contribution in [0.2, 0.25) is 0 Å². The second-order valence-electron chi connectivity index (χ2n) is 5.71. The number of pyridine rings is 1. The minimum absolute atomic E-state index is 0.0179. The first kappa shape index (κ1) is 13.8. The summed E-state index contributed by atoms with van der Waals surface area (Å²) in [6.07, 6.45) is 6.85. The zero-order chi connectivity index (χ0) is 15.6. The number of carbonyl (C=O) groups excluding carboxylic acids is 1. The van der Waals surface area contributed by atoms with Crippen LogP contribution in [0.4, 0.5) is 0 Å². The van der Waals surface area contributed by atoms with Crippen LogP contribution in [0.1, 0.15) is 34.9 Å². The van der Waals surface area contributed by atoms with Crippen LogP contribution in [0.15, 0.2) is 55.1 Å². The number of aromatic nitrogens is 3. The molecule has 5 heteroatoms. The molecule has 23 heavy (non-hydrogen) atoms. The molecule has 1 amide bonds. The van der Waals surface area contributed by atoms with Gasteiger partial charge in [0.25, 0.3) is 5.91 Å². The fourth-order valence-electron chi connectivity index (χ4n) is 3.17. The molecule has 0 N–H and O–H groups in total. The van der Waals surface area contributed by atoms with Crippen LogP contribution < -0.4 is 0 Å². The van der Waals surface area contributed by atoms with E-state index in [4.69, 9.17) is 0 Å². The maximum absolute atomic E-state index is 12.9. The van der Waals surface area contributed by atoms with Crippen LogP contribution in [0, 0.1) is 0 Å². The average molecular weight is 304 g/mol. The lowest BCUT2D eigenvalue weighted by Crippen LogP contribution is -2.31. The third-order valence-electron chi connectivity index (χ3n) is 4.30. The summed E-state index contributed by atoms with van der Waals surface area (Å²) in [4.78, 5) is 27.5. The lowest BCUT2D eigenvalue weighted by molar-refractivity contribution is 0.0732. The third kappa shape index (κ3) is 2.54. The molecule has 4 rings (SSSR count). The Morgan fingerprint density at radius 1 is 1.17 bits per heavy atom. The van der Waals surface area contributed by atoms with E-state index in [2.05, 4.69) is 15.0 Å². The summed E-state index contributed by atoms with van der Waals surface area (Å²) in [5.41, 5.74) is 2.43. The summed E-state index contributed by atoms with van der Waals surface area (Å²) in [5, 5.41) is 0.983. The minimum atomic E-state index is 0.0179. The van der Waals surface area contributed by atoms with Gasteiger partial charge in [0, 0.05) is 24.3 Å². The van der Waals surface area contributed by atoms with E-state index in [-0.39, 0.29) is 11.9 Å². The van der Waals surface area contributed by atoms with Crippen LogP contribution in [0.5, 0.6) is 0 Å².